The summed E-state index contributed by atoms with van der Waals surface area (Å²) < 4.78 is 7.10. The number of nitrogens with zero attached hydrogens (tertiary/aromatic N) is 3. The first-order valence-electron chi connectivity index (χ1n) is 8.23. The molecule has 0 bridgehead atoms. The summed E-state index contributed by atoms with van der Waals surface area (Å²) in [5.74, 6) is 1.29. The fourth-order valence-corrected chi connectivity index (χ4v) is 3.27. The lowest BCUT2D eigenvalue weighted by Gasteiger charge is -2.34. The molecule has 2 aromatic rings. The molecule has 1 aliphatic carbocycles. The van der Waals surface area contributed by atoms with E-state index in [1.807, 2.05) is 10.6 Å². The van der Waals surface area contributed by atoms with E-state index in [-0.39, 0.29) is 17.7 Å². The second-order valence-electron chi connectivity index (χ2n) is 6.64. The Labute approximate surface area is 139 Å². The number of hydrogen-bond donors (Lipinski definition) is 1. The van der Waals surface area contributed by atoms with E-state index in [2.05, 4.69) is 17.2 Å². The van der Waals surface area contributed by atoms with Crippen molar-refractivity contribution in [2.24, 2.45) is 11.8 Å². The monoisotopic (exact) mass is 328 g/mol. The Balaban J connectivity index is 1.48. The van der Waals surface area contributed by atoms with Crippen molar-refractivity contribution in [3.05, 3.63) is 42.4 Å². The predicted molar refractivity (Wildman–Crippen MR) is 84.5 cm³/mol. The van der Waals surface area contributed by atoms with Gasteiger partial charge in [-0.05, 0) is 24.5 Å². The van der Waals surface area contributed by atoms with Crippen LogP contribution < -0.4 is 5.32 Å². The predicted octanol–water partition coefficient (Wildman–Crippen LogP) is 1.33. The Hall–Kier alpha value is -2.57. The van der Waals surface area contributed by atoms with E-state index in [0.717, 1.165) is 12.1 Å². The molecule has 3 atom stereocenters. The third-order valence-electron chi connectivity index (χ3n) is 4.89. The number of aromatic nitrogens is 2. The molecule has 3 unspecified atom stereocenters. The second-order valence-corrected chi connectivity index (χ2v) is 6.64. The molecule has 1 fully saturated rings. The van der Waals surface area contributed by atoms with Crippen LogP contribution >= 0.6 is 0 Å². The van der Waals surface area contributed by atoms with Gasteiger partial charge in [0.05, 0.1) is 37.9 Å². The van der Waals surface area contributed by atoms with Gasteiger partial charge in [0.15, 0.2) is 0 Å². The molecule has 126 valence electrons. The number of rotatable bonds is 4. The molecule has 7 heteroatoms. The van der Waals surface area contributed by atoms with Gasteiger partial charge in [-0.1, -0.05) is 6.92 Å². The van der Waals surface area contributed by atoms with Gasteiger partial charge < -0.3 is 19.2 Å². The summed E-state index contributed by atoms with van der Waals surface area (Å²) in [6.45, 7) is 3.32. The van der Waals surface area contributed by atoms with Crippen molar-refractivity contribution in [3.8, 4) is 0 Å². The lowest BCUT2D eigenvalue weighted by molar-refractivity contribution is -0.136. The molecule has 3 heterocycles. The highest BCUT2D eigenvalue weighted by atomic mass is 16.3. The van der Waals surface area contributed by atoms with Crippen molar-refractivity contribution in [2.75, 3.05) is 6.54 Å². The van der Waals surface area contributed by atoms with E-state index in [0.29, 0.717) is 31.3 Å². The van der Waals surface area contributed by atoms with Gasteiger partial charge in [-0.3, -0.25) is 9.59 Å². The number of hydrogen-bond acceptors (Lipinski definition) is 4. The Morgan fingerprint density at radius 2 is 2.29 bits per heavy atom. The highest BCUT2D eigenvalue weighted by molar-refractivity contribution is 5.84. The third kappa shape index (κ3) is 2.70. The van der Waals surface area contributed by atoms with Crippen LogP contribution in [0.15, 0.2) is 35.3 Å². The van der Waals surface area contributed by atoms with Crippen molar-refractivity contribution in [1.82, 2.24) is 19.8 Å². The number of nitrogens with one attached hydrogen (secondary N) is 1. The summed E-state index contributed by atoms with van der Waals surface area (Å²) in [6.07, 6.45) is 5.91. The van der Waals surface area contributed by atoms with Crippen LogP contribution in [0.2, 0.25) is 0 Å². The summed E-state index contributed by atoms with van der Waals surface area (Å²) in [7, 11) is 0. The highest BCUT2D eigenvalue weighted by Crippen LogP contribution is 2.40. The van der Waals surface area contributed by atoms with Crippen LogP contribution in [0.25, 0.3) is 0 Å². The lowest BCUT2D eigenvalue weighted by Crippen LogP contribution is -2.46. The smallest absolute Gasteiger partial charge is 0.245 e. The minimum absolute atomic E-state index is 0.117. The van der Waals surface area contributed by atoms with Crippen LogP contribution in [0, 0.1) is 11.8 Å². The second kappa shape index (κ2) is 5.81. The van der Waals surface area contributed by atoms with Crippen LogP contribution in [0.1, 0.15) is 30.8 Å². The van der Waals surface area contributed by atoms with Gasteiger partial charge in [-0.15, -0.1) is 0 Å². The number of amides is 2. The summed E-state index contributed by atoms with van der Waals surface area (Å²) >= 11 is 0. The maximum atomic E-state index is 12.6. The van der Waals surface area contributed by atoms with Crippen molar-refractivity contribution in [3.63, 3.8) is 0 Å². The van der Waals surface area contributed by atoms with Gasteiger partial charge >= 0.3 is 0 Å². The molecule has 1 aliphatic heterocycles. The zero-order valence-electron chi connectivity index (χ0n) is 13.5. The van der Waals surface area contributed by atoms with Crippen LogP contribution in [-0.4, -0.2) is 32.8 Å². The summed E-state index contributed by atoms with van der Waals surface area (Å²) in [5.41, 5.74) is 0.890. The van der Waals surface area contributed by atoms with E-state index in [1.54, 1.807) is 29.8 Å². The van der Waals surface area contributed by atoms with Gasteiger partial charge in [0, 0.05) is 12.1 Å². The van der Waals surface area contributed by atoms with Crippen molar-refractivity contribution >= 4 is 11.8 Å². The van der Waals surface area contributed by atoms with Crippen molar-refractivity contribution in [1.29, 1.82) is 0 Å². The number of imidazole rings is 1. The van der Waals surface area contributed by atoms with E-state index in [1.165, 1.54) is 0 Å². The number of furan rings is 1. The molecule has 4 rings (SSSR count). The molecule has 2 amide bonds. The molecule has 24 heavy (non-hydrogen) atoms. The molecule has 2 aromatic heterocycles. The van der Waals surface area contributed by atoms with Gasteiger partial charge in [-0.2, -0.15) is 0 Å². The minimum Gasteiger partial charge on any atom is -0.467 e. The molecule has 0 saturated heterocycles. The van der Waals surface area contributed by atoms with E-state index in [9.17, 15) is 9.59 Å². The Morgan fingerprint density at radius 1 is 1.46 bits per heavy atom. The van der Waals surface area contributed by atoms with Crippen LogP contribution in [0.5, 0.6) is 0 Å². The summed E-state index contributed by atoms with van der Waals surface area (Å²) in [6, 6.07) is 3.14. The first-order valence-corrected chi connectivity index (χ1v) is 8.23. The lowest BCUT2D eigenvalue weighted by atomic mass is 10.1. The number of carbonyl (C=O) groups excluding carboxylic acids is 2. The molecule has 0 radical (unpaired) electrons. The normalized spacial score (nSPS) is 25.2. The number of carbonyl (C=O) groups is 2. The highest BCUT2D eigenvalue weighted by Gasteiger charge is 2.43. The van der Waals surface area contributed by atoms with Crippen molar-refractivity contribution in [2.45, 2.75) is 32.5 Å². The minimum atomic E-state index is -0.454. The number of fused-ring (bicyclic) bond motifs is 1. The van der Waals surface area contributed by atoms with E-state index < -0.39 is 6.04 Å². The standard InChI is InChI=1S/C17H20N4O3/c1-11-5-14(11)17(23)20-8-12-6-18-10-21(12)15(9-20)16(22)19-7-13-3-2-4-24-13/h2-4,6,10-11,14-15H,5,7-9H2,1H3,(H,19,22). The largest absolute Gasteiger partial charge is 0.467 e. The maximum absolute atomic E-state index is 12.6. The molecular weight excluding hydrogens is 308 g/mol. The zero-order chi connectivity index (χ0) is 16.7. The van der Waals surface area contributed by atoms with Crippen LogP contribution in [0.4, 0.5) is 0 Å². The maximum Gasteiger partial charge on any atom is 0.245 e. The van der Waals surface area contributed by atoms with Gasteiger partial charge in [0.1, 0.15) is 11.8 Å². The zero-order valence-corrected chi connectivity index (χ0v) is 13.5. The quantitative estimate of drug-likeness (QED) is 0.918. The summed E-state index contributed by atoms with van der Waals surface area (Å²) in [4.78, 5) is 31.1. The molecule has 0 spiro atoms. The van der Waals surface area contributed by atoms with Crippen LogP contribution in [-0.2, 0) is 22.7 Å². The van der Waals surface area contributed by atoms with Gasteiger partial charge in [-0.25, -0.2) is 4.98 Å². The fourth-order valence-electron chi connectivity index (χ4n) is 3.27. The third-order valence-corrected chi connectivity index (χ3v) is 4.89. The SMILES string of the molecule is CC1CC1C(=O)N1Cc2cncn2C(C(=O)NCc2ccco2)C1. The molecular formula is C17H20N4O3. The average molecular weight is 328 g/mol. The topological polar surface area (TPSA) is 80.4 Å². The Kier molecular flexibility index (Phi) is 3.63. The molecule has 0 aromatic carbocycles. The van der Waals surface area contributed by atoms with Crippen LogP contribution in [0.3, 0.4) is 0 Å². The van der Waals surface area contributed by atoms with E-state index >= 15 is 0 Å². The summed E-state index contributed by atoms with van der Waals surface area (Å²) in [5, 5.41) is 2.88. The average Bonchev–Trinajstić information content (AvgIpc) is 3.01. The first kappa shape index (κ1) is 15.0. The molecule has 7 nitrogen and oxygen atoms in total. The van der Waals surface area contributed by atoms with Gasteiger partial charge in [0.2, 0.25) is 11.8 Å². The van der Waals surface area contributed by atoms with Crippen molar-refractivity contribution < 1.29 is 14.0 Å². The first-order chi connectivity index (χ1) is 11.6. The van der Waals surface area contributed by atoms with E-state index in [4.69, 9.17) is 4.42 Å². The fraction of sp³-hybridized carbons (Fsp3) is 0.471. The Bertz CT molecular complexity index is 752. The molecule has 1 saturated carbocycles. The molecule has 1 N–H and O–H groups in total. The Morgan fingerprint density at radius 3 is 3.00 bits per heavy atom. The molecule has 2 aliphatic rings. The van der Waals surface area contributed by atoms with Gasteiger partial charge in [0.25, 0.3) is 0 Å².